The molecule has 0 saturated heterocycles. The van der Waals surface area contributed by atoms with Crippen molar-refractivity contribution in [2.45, 2.75) is 6.92 Å². The number of carbonyl (C=O) groups excluding carboxylic acids is 2. The summed E-state index contributed by atoms with van der Waals surface area (Å²) >= 11 is 0. The first-order valence-corrected chi connectivity index (χ1v) is 6.07. The highest BCUT2D eigenvalue weighted by Gasteiger charge is 2.28. The lowest BCUT2D eigenvalue weighted by atomic mass is 10.5. The number of amides is 2. The molecule has 104 valence electrons. The van der Waals surface area contributed by atoms with Crippen LogP contribution in [0.15, 0.2) is 0 Å². The van der Waals surface area contributed by atoms with Gasteiger partial charge in [0, 0.05) is 0 Å². The Bertz CT molecular complexity index is 416. The zero-order valence-corrected chi connectivity index (χ0v) is 10.3. The normalized spacial score (nSPS) is 11.0. The van der Waals surface area contributed by atoms with E-state index in [-0.39, 0.29) is 10.9 Å². The van der Waals surface area contributed by atoms with Crippen molar-refractivity contribution >= 4 is 28.2 Å². The third-order valence-electron chi connectivity index (χ3n) is 1.47. The number of nitrogens with zero attached hydrogens (tertiary/aromatic N) is 1. The minimum atomic E-state index is -4.51. The number of primary amides is 1. The summed E-state index contributed by atoms with van der Waals surface area (Å²) in [6, 6.07) is 0. The third kappa shape index (κ3) is 6.00. The molecule has 0 rings (SSSR count). The minimum Gasteiger partial charge on any atom is -0.480 e. The standard InChI is InChI=1S/C7H13N3O7S/c1-2-17-7(14)9-18(15,16)10(3-5(8)11)4-6(12)13/h2-4H2,1H3,(H2,8,11)(H,9,14)(H,12,13). The van der Waals surface area contributed by atoms with Gasteiger partial charge in [-0.1, -0.05) is 0 Å². The van der Waals surface area contributed by atoms with Gasteiger partial charge in [-0.3, -0.25) is 9.59 Å². The molecule has 0 radical (unpaired) electrons. The SMILES string of the molecule is CCOC(=O)NS(=O)(=O)N(CC(N)=O)CC(=O)O. The van der Waals surface area contributed by atoms with Crippen molar-refractivity contribution in [2.24, 2.45) is 5.73 Å². The first kappa shape index (κ1) is 16.1. The molecule has 18 heavy (non-hydrogen) atoms. The van der Waals surface area contributed by atoms with Gasteiger partial charge in [-0.25, -0.2) is 9.52 Å². The topological polar surface area (TPSA) is 156 Å². The summed E-state index contributed by atoms with van der Waals surface area (Å²) in [6.45, 7) is -0.514. The van der Waals surface area contributed by atoms with Crippen molar-refractivity contribution in [1.29, 1.82) is 0 Å². The van der Waals surface area contributed by atoms with Crippen LogP contribution in [0.4, 0.5) is 4.79 Å². The van der Waals surface area contributed by atoms with E-state index >= 15 is 0 Å². The molecule has 0 spiro atoms. The molecule has 0 aromatic rings. The van der Waals surface area contributed by atoms with Gasteiger partial charge in [0.05, 0.1) is 13.2 Å². The van der Waals surface area contributed by atoms with Crippen LogP contribution in [0.3, 0.4) is 0 Å². The molecule has 0 saturated carbocycles. The molecule has 2 amide bonds. The van der Waals surface area contributed by atoms with Gasteiger partial charge >= 0.3 is 22.3 Å². The quantitative estimate of drug-likeness (QED) is 0.480. The Kier molecular flexibility index (Phi) is 6.05. The van der Waals surface area contributed by atoms with E-state index in [1.165, 1.54) is 11.6 Å². The van der Waals surface area contributed by atoms with Crippen molar-refractivity contribution < 1.29 is 32.6 Å². The lowest BCUT2D eigenvalue weighted by Crippen LogP contribution is -2.48. The molecule has 0 fully saturated rings. The number of hydrogen-bond acceptors (Lipinski definition) is 6. The van der Waals surface area contributed by atoms with Gasteiger partial charge in [0.2, 0.25) is 5.91 Å². The molecule has 0 aliphatic carbocycles. The second-order valence-corrected chi connectivity index (χ2v) is 4.63. The van der Waals surface area contributed by atoms with Gasteiger partial charge in [0.1, 0.15) is 6.54 Å². The average molecular weight is 283 g/mol. The second kappa shape index (κ2) is 6.76. The fourth-order valence-electron chi connectivity index (χ4n) is 0.881. The largest absolute Gasteiger partial charge is 0.480 e. The van der Waals surface area contributed by atoms with Crippen molar-refractivity contribution in [1.82, 2.24) is 9.03 Å². The monoisotopic (exact) mass is 283 g/mol. The number of nitrogens with two attached hydrogens (primary N) is 1. The third-order valence-corrected chi connectivity index (χ3v) is 2.83. The molecule has 10 nitrogen and oxygen atoms in total. The van der Waals surface area contributed by atoms with E-state index in [1.807, 2.05) is 0 Å². The molecule has 0 bridgehead atoms. The summed E-state index contributed by atoms with van der Waals surface area (Å²) in [5.74, 6) is -2.57. The van der Waals surface area contributed by atoms with Gasteiger partial charge in [-0.2, -0.15) is 12.7 Å². The maximum Gasteiger partial charge on any atom is 0.421 e. The summed E-state index contributed by atoms with van der Waals surface area (Å²) in [4.78, 5) is 32.0. The maximum absolute atomic E-state index is 11.5. The van der Waals surface area contributed by atoms with Gasteiger partial charge in [0.25, 0.3) is 0 Å². The average Bonchev–Trinajstić information content (AvgIpc) is 2.14. The number of carboxylic acid groups (broad SMARTS) is 1. The van der Waals surface area contributed by atoms with Crippen molar-refractivity contribution in [3.63, 3.8) is 0 Å². The maximum atomic E-state index is 11.5. The Labute approximate surface area is 103 Å². The molecule has 0 aromatic carbocycles. The van der Waals surface area contributed by atoms with Gasteiger partial charge in [0.15, 0.2) is 0 Å². The molecule has 0 aliphatic heterocycles. The number of hydrogen-bond donors (Lipinski definition) is 3. The Balaban J connectivity index is 4.90. The Morgan fingerprint density at radius 1 is 1.33 bits per heavy atom. The number of aliphatic carboxylic acids is 1. The Morgan fingerprint density at radius 2 is 1.89 bits per heavy atom. The molecule has 0 unspecified atom stereocenters. The zero-order chi connectivity index (χ0) is 14.3. The van der Waals surface area contributed by atoms with Gasteiger partial charge in [-0.15, -0.1) is 0 Å². The van der Waals surface area contributed by atoms with E-state index < -0.39 is 41.3 Å². The van der Waals surface area contributed by atoms with Crippen LogP contribution in [0, 0.1) is 0 Å². The smallest absolute Gasteiger partial charge is 0.421 e. The molecular weight excluding hydrogens is 270 g/mol. The lowest BCUT2D eigenvalue weighted by molar-refractivity contribution is -0.137. The predicted molar refractivity (Wildman–Crippen MR) is 57.5 cm³/mol. The number of carboxylic acids is 1. The van der Waals surface area contributed by atoms with Gasteiger partial charge < -0.3 is 15.6 Å². The summed E-state index contributed by atoms with van der Waals surface area (Å²) in [7, 11) is -4.51. The molecular formula is C7H13N3O7S. The van der Waals surface area contributed by atoms with Crippen molar-refractivity contribution in [3.05, 3.63) is 0 Å². The van der Waals surface area contributed by atoms with Crippen LogP contribution in [0.1, 0.15) is 6.92 Å². The van der Waals surface area contributed by atoms with Crippen LogP contribution >= 0.6 is 0 Å². The molecule has 0 aromatic heterocycles. The highest BCUT2D eigenvalue weighted by molar-refractivity contribution is 7.87. The molecule has 4 N–H and O–H groups in total. The van der Waals surface area contributed by atoms with Crippen LogP contribution in [-0.4, -0.2) is 55.5 Å². The van der Waals surface area contributed by atoms with E-state index in [0.29, 0.717) is 0 Å². The number of carbonyl (C=O) groups is 3. The van der Waals surface area contributed by atoms with E-state index in [9.17, 15) is 22.8 Å². The first-order valence-electron chi connectivity index (χ1n) is 4.63. The van der Waals surface area contributed by atoms with Crippen LogP contribution in [0.25, 0.3) is 0 Å². The molecule has 0 heterocycles. The first-order chi connectivity index (χ1) is 8.19. The molecule has 0 aliphatic rings. The van der Waals surface area contributed by atoms with E-state index in [4.69, 9.17) is 10.8 Å². The minimum absolute atomic E-state index is 0.0733. The highest BCUT2D eigenvalue weighted by Crippen LogP contribution is 1.98. The second-order valence-electron chi connectivity index (χ2n) is 2.96. The summed E-state index contributed by atoms with van der Waals surface area (Å²) in [6.07, 6.45) is -1.28. The van der Waals surface area contributed by atoms with Crippen LogP contribution in [-0.2, 0) is 24.5 Å². The predicted octanol–water partition coefficient (Wildman–Crippen LogP) is -2.15. The Morgan fingerprint density at radius 3 is 2.28 bits per heavy atom. The number of ether oxygens (including phenoxy) is 1. The zero-order valence-electron chi connectivity index (χ0n) is 9.45. The number of rotatable bonds is 7. The fraction of sp³-hybridized carbons (Fsp3) is 0.571. The fourth-order valence-corrected chi connectivity index (χ4v) is 1.86. The highest BCUT2D eigenvalue weighted by atomic mass is 32.2. The van der Waals surface area contributed by atoms with Crippen LogP contribution < -0.4 is 10.5 Å². The van der Waals surface area contributed by atoms with Crippen molar-refractivity contribution in [3.8, 4) is 0 Å². The van der Waals surface area contributed by atoms with E-state index in [2.05, 4.69) is 4.74 Å². The lowest BCUT2D eigenvalue weighted by Gasteiger charge is -2.18. The van der Waals surface area contributed by atoms with Crippen LogP contribution in [0.5, 0.6) is 0 Å². The number of nitrogens with one attached hydrogen (secondary N) is 1. The van der Waals surface area contributed by atoms with Crippen LogP contribution in [0.2, 0.25) is 0 Å². The molecule has 0 atom stereocenters. The van der Waals surface area contributed by atoms with Crippen molar-refractivity contribution in [2.75, 3.05) is 19.7 Å². The van der Waals surface area contributed by atoms with E-state index in [0.717, 1.165) is 0 Å². The summed E-state index contributed by atoms with van der Waals surface area (Å²) < 4.78 is 29.0. The van der Waals surface area contributed by atoms with E-state index in [1.54, 1.807) is 0 Å². The van der Waals surface area contributed by atoms with Gasteiger partial charge in [-0.05, 0) is 6.92 Å². The molecule has 11 heteroatoms. The summed E-state index contributed by atoms with van der Waals surface area (Å²) in [5, 5.41) is 8.50. The Hall–Kier alpha value is -1.88. The summed E-state index contributed by atoms with van der Waals surface area (Å²) in [5.41, 5.74) is 4.77.